The molecule has 0 saturated heterocycles. The summed E-state index contributed by atoms with van der Waals surface area (Å²) in [6.45, 7) is 0. The van der Waals surface area contributed by atoms with Crippen molar-refractivity contribution < 1.29 is 14.4 Å². The third-order valence-electron chi connectivity index (χ3n) is 2.81. The van der Waals surface area contributed by atoms with Crippen LogP contribution >= 0.6 is 0 Å². The van der Waals surface area contributed by atoms with Crippen LogP contribution in [-0.2, 0) is 0 Å². The second kappa shape index (κ2) is 5.39. The van der Waals surface area contributed by atoms with Crippen LogP contribution in [-0.4, -0.2) is 19.1 Å². The maximum absolute atomic E-state index is 10.5. The maximum atomic E-state index is 10.5. The first-order valence-corrected chi connectivity index (χ1v) is 5.62. The van der Waals surface area contributed by atoms with E-state index in [1.807, 2.05) is 24.3 Å². The van der Waals surface area contributed by atoms with Gasteiger partial charge in [0, 0.05) is 11.6 Å². The van der Waals surface area contributed by atoms with Crippen LogP contribution in [0.3, 0.4) is 0 Å². The van der Waals surface area contributed by atoms with Gasteiger partial charge in [0.15, 0.2) is 0 Å². The lowest BCUT2D eigenvalue weighted by molar-refractivity contribution is -0.400. The molecule has 0 amide bonds. The van der Waals surface area contributed by atoms with Gasteiger partial charge in [-0.1, -0.05) is 12.1 Å². The number of ether oxygens (including phenoxy) is 2. The minimum absolute atomic E-state index is 0.502. The minimum Gasteiger partial charge on any atom is -0.497 e. The van der Waals surface area contributed by atoms with Crippen LogP contribution in [0.1, 0.15) is 5.56 Å². The van der Waals surface area contributed by atoms with E-state index in [2.05, 4.69) is 0 Å². The van der Waals surface area contributed by atoms with Gasteiger partial charge in [0.25, 0.3) is 0 Å². The first-order valence-electron chi connectivity index (χ1n) is 5.62. The van der Waals surface area contributed by atoms with Crippen LogP contribution in [0.25, 0.3) is 16.8 Å². The Morgan fingerprint density at radius 2 is 1.89 bits per heavy atom. The highest BCUT2D eigenvalue weighted by Crippen LogP contribution is 2.31. The van der Waals surface area contributed by atoms with Crippen molar-refractivity contribution in [2.24, 2.45) is 0 Å². The van der Waals surface area contributed by atoms with Crippen LogP contribution in [0, 0.1) is 10.1 Å². The molecule has 0 heterocycles. The molecule has 19 heavy (non-hydrogen) atoms. The number of rotatable bonds is 4. The van der Waals surface area contributed by atoms with Gasteiger partial charge in [0.1, 0.15) is 11.5 Å². The number of fused-ring (bicyclic) bond motifs is 1. The molecule has 5 heteroatoms. The molecule has 0 N–H and O–H groups in total. The fourth-order valence-electron chi connectivity index (χ4n) is 1.91. The van der Waals surface area contributed by atoms with E-state index in [9.17, 15) is 10.1 Å². The van der Waals surface area contributed by atoms with Gasteiger partial charge in [-0.15, -0.1) is 0 Å². The van der Waals surface area contributed by atoms with Crippen molar-refractivity contribution in [3.63, 3.8) is 0 Å². The summed E-state index contributed by atoms with van der Waals surface area (Å²) in [5.74, 6) is 1.27. The van der Waals surface area contributed by atoms with Gasteiger partial charge >= 0.3 is 0 Å². The predicted octanol–water partition coefficient (Wildman–Crippen LogP) is 3.10. The number of nitro groups is 1. The van der Waals surface area contributed by atoms with Gasteiger partial charge in [-0.3, -0.25) is 10.1 Å². The molecule has 2 aromatic rings. The minimum atomic E-state index is -0.502. The second-order valence-electron chi connectivity index (χ2n) is 3.87. The summed E-state index contributed by atoms with van der Waals surface area (Å²) in [4.78, 5) is 9.98. The summed E-state index contributed by atoms with van der Waals surface area (Å²) >= 11 is 0. The summed E-state index contributed by atoms with van der Waals surface area (Å²) < 4.78 is 10.4. The topological polar surface area (TPSA) is 61.6 Å². The predicted molar refractivity (Wildman–Crippen MR) is 73.1 cm³/mol. The Morgan fingerprint density at radius 3 is 2.53 bits per heavy atom. The van der Waals surface area contributed by atoms with Crippen molar-refractivity contribution in [2.75, 3.05) is 14.2 Å². The summed E-state index contributed by atoms with van der Waals surface area (Å²) in [6.07, 6.45) is 2.33. The van der Waals surface area contributed by atoms with Crippen molar-refractivity contribution in [1.82, 2.24) is 0 Å². The lowest BCUT2D eigenvalue weighted by Gasteiger charge is -2.09. The zero-order valence-corrected chi connectivity index (χ0v) is 10.6. The smallest absolute Gasteiger partial charge is 0.235 e. The molecule has 0 bridgehead atoms. The van der Waals surface area contributed by atoms with Crippen LogP contribution < -0.4 is 9.47 Å². The van der Waals surface area contributed by atoms with E-state index in [-0.39, 0.29) is 0 Å². The quantitative estimate of drug-likeness (QED) is 0.625. The number of nitrogens with zero attached hydrogens (tertiary/aromatic N) is 1. The highest BCUT2D eigenvalue weighted by atomic mass is 16.6. The molecule has 0 aromatic heterocycles. The lowest BCUT2D eigenvalue weighted by Crippen LogP contribution is -1.91. The molecule has 0 atom stereocenters. The standard InChI is InChI=1S/C14H13NO4/c1-18-11-5-3-10-4-6-14(19-2)12(13(10)9-11)7-8-15(16)17/h3-9H,1-2H3/b8-7-. The normalized spacial score (nSPS) is 10.8. The number of methoxy groups -OCH3 is 2. The highest BCUT2D eigenvalue weighted by molar-refractivity contribution is 5.94. The molecular formula is C14H13NO4. The van der Waals surface area contributed by atoms with Crippen LogP contribution in [0.2, 0.25) is 0 Å². The Hall–Kier alpha value is -2.56. The molecule has 2 rings (SSSR count). The third-order valence-corrected chi connectivity index (χ3v) is 2.81. The summed E-state index contributed by atoms with van der Waals surface area (Å²) in [6, 6.07) is 9.26. The molecule has 2 aromatic carbocycles. The molecule has 0 radical (unpaired) electrons. The number of benzene rings is 2. The van der Waals surface area contributed by atoms with E-state index in [4.69, 9.17) is 9.47 Å². The highest BCUT2D eigenvalue weighted by Gasteiger charge is 2.08. The molecule has 0 aliphatic carbocycles. The molecule has 5 nitrogen and oxygen atoms in total. The van der Waals surface area contributed by atoms with Gasteiger partial charge in [-0.25, -0.2) is 0 Å². The van der Waals surface area contributed by atoms with Crippen molar-refractivity contribution in [1.29, 1.82) is 0 Å². The molecule has 0 spiro atoms. The first-order chi connectivity index (χ1) is 9.15. The van der Waals surface area contributed by atoms with Crippen LogP contribution in [0.15, 0.2) is 36.5 Å². The van der Waals surface area contributed by atoms with Crippen molar-refractivity contribution >= 4 is 16.8 Å². The van der Waals surface area contributed by atoms with E-state index >= 15 is 0 Å². The van der Waals surface area contributed by atoms with Gasteiger partial charge in [0.05, 0.1) is 19.1 Å². The first kappa shape index (κ1) is 12.9. The Labute approximate surface area is 110 Å². The Bertz CT molecular complexity index is 644. The van der Waals surface area contributed by atoms with Crippen molar-refractivity contribution in [2.45, 2.75) is 0 Å². The van der Waals surface area contributed by atoms with E-state index in [0.717, 1.165) is 17.0 Å². The summed E-state index contributed by atoms with van der Waals surface area (Å²) in [7, 11) is 3.11. The second-order valence-corrected chi connectivity index (χ2v) is 3.87. The molecule has 98 valence electrons. The van der Waals surface area contributed by atoms with Gasteiger partial charge in [-0.2, -0.15) is 0 Å². The van der Waals surface area contributed by atoms with Crippen LogP contribution in [0.4, 0.5) is 0 Å². The Morgan fingerprint density at radius 1 is 1.16 bits per heavy atom. The zero-order valence-electron chi connectivity index (χ0n) is 10.6. The average molecular weight is 259 g/mol. The summed E-state index contributed by atoms with van der Waals surface area (Å²) in [5.41, 5.74) is 0.663. The molecular weight excluding hydrogens is 246 g/mol. The Kier molecular flexibility index (Phi) is 3.66. The van der Waals surface area contributed by atoms with Crippen molar-refractivity contribution in [3.8, 4) is 11.5 Å². The number of hydrogen-bond acceptors (Lipinski definition) is 4. The van der Waals surface area contributed by atoms with E-state index in [1.54, 1.807) is 13.2 Å². The van der Waals surface area contributed by atoms with Crippen molar-refractivity contribution in [3.05, 3.63) is 52.2 Å². The molecule has 0 aliphatic heterocycles. The zero-order chi connectivity index (χ0) is 13.8. The number of hydrogen-bond donors (Lipinski definition) is 0. The SMILES string of the molecule is COc1ccc2ccc(OC)c(/C=C\[N+](=O)[O-])c2c1. The fourth-order valence-corrected chi connectivity index (χ4v) is 1.91. The lowest BCUT2D eigenvalue weighted by atomic mass is 10.0. The van der Waals surface area contributed by atoms with Crippen LogP contribution in [0.5, 0.6) is 11.5 Å². The molecule has 0 fully saturated rings. The summed E-state index contributed by atoms with van der Waals surface area (Å²) in [5, 5.41) is 12.3. The van der Waals surface area contributed by atoms with Gasteiger partial charge < -0.3 is 9.47 Å². The molecule has 0 saturated carbocycles. The monoisotopic (exact) mass is 259 g/mol. The van der Waals surface area contributed by atoms with E-state index < -0.39 is 4.92 Å². The van der Waals surface area contributed by atoms with E-state index in [0.29, 0.717) is 17.1 Å². The molecule has 0 aliphatic rings. The van der Waals surface area contributed by atoms with Gasteiger partial charge in [0.2, 0.25) is 6.20 Å². The van der Waals surface area contributed by atoms with Gasteiger partial charge in [-0.05, 0) is 29.0 Å². The molecule has 0 unspecified atom stereocenters. The Balaban J connectivity index is 2.69. The average Bonchev–Trinajstić information content (AvgIpc) is 2.43. The maximum Gasteiger partial charge on any atom is 0.235 e. The fraction of sp³-hybridized carbons (Fsp3) is 0.143. The van der Waals surface area contributed by atoms with E-state index in [1.165, 1.54) is 13.2 Å². The third kappa shape index (κ3) is 2.65. The largest absolute Gasteiger partial charge is 0.497 e.